The fraction of sp³-hybridized carbons (Fsp3) is 0.444. The van der Waals surface area contributed by atoms with Gasteiger partial charge in [-0.2, -0.15) is 0 Å². The van der Waals surface area contributed by atoms with Crippen LogP contribution in [0.2, 0.25) is 0 Å². The summed E-state index contributed by atoms with van der Waals surface area (Å²) in [5.74, 6) is 5.90. The molecule has 2 aromatic rings. The first-order chi connectivity index (χ1) is 11.7. The predicted octanol–water partition coefficient (Wildman–Crippen LogP) is 3.45. The van der Waals surface area contributed by atoms with Gasteiger partial charge >= 0.3 is 0 Å². The summed E-state index contributed by atoms with van der Waals surface area (Å²) in [7, 11) is 0. The molecule has 2 fully saturated rings. The zero-order valence-electron chi connectivity index (χ0n) is 13.0. The lowest BCUT2D eigenvalue weighted by Crippen LogP contribution is -2.08. The smallest absolute Gasteiger partial charge is 0.242 e. The van der Waals surface area contributed by atoms with Crippen molar-refractivity contribution >= 4 is 0 Å². The van der Waals surface area contributed by atoms with Gasteiger partial charge in [0.05, 0.1) is 5.69 Å². The van der Waals surface area contributed by atoms with Crippen LogP contribution in [0.5, 0.6) is 0 Å². The molecule has 2 atom stereocenters. The van der Waals surface area contributed by atoms with Crippen LogP contribution < -0.4 is 0 Å². The number of hydrogen-bond donors (Lipinski definition) is 0. The van der Waals surface area contributed by atoms with Crippen molar-refractivity contribution in [3.05, 3.63) is 36.0 Å². The number of aromatic nitrogens is 4. The summed E-state index contributed by atoms with van der Waals surface area (Å²) in [5, 5.41) is 8.41. The molecule has 0 aromatic carbocycles. The summed E-state index contributed by atoms with van der Waals surface area (Å²) in [6.07, 6.45) is 6.31. The Kier molecular flexibility index (Phi) is 3.93. The summed E-state index contributed by atoms with van der Waals surface area (Å²) < 4.78 is 26.0. The largest absolute Gasteiger partial charge is 0.244 e. The number of rotatable bonds is 3. The van der Waals surface area contributed by atoms with E-state index < -0.39 is 12.3 Å². The zero-order chi connectivity index (χ0) is 16.5. The summed E-state index contributed by atoms with van der Waals surface area (Å²) in [6.45, 7) is 0. The number of alkyl halides is 2. The molecule has 0 unspecified atom stereocenters. The molecule has 4 nitrogen and oxygen atoms in total. The normalized spacial score (nSPS) is 22.6. The Bertz CT molecular complexity index is 794. The zero-order valence-corrected chi connectivity index (χ0v) is 13.0. The van der Waals surface area contributed by atoms with E-state index in [0.717, 1.165) is 24.0 Å². The van der Waals surface area contributed by atoms with E-state index >= 15 is 0 Å². The minimum Gasteiger partial charge on any atom is -0.244 e. The van der Waals surface area contributed by atoms with E-state index in [4.69, 9.17) is 0 Å². The minimum atomic E-state index is -2.31. The molecule has 0 aliphatic heterocycles. The number of nitrogens with zero attached hydrogens (tertiary/aromatic N) is 4. The van der Waals surface area contributed by atoms with Gasteiger partial charge in [0, 0.05) is 29.8 Å². The van der Waals surface area contributed by atoms with E-state index in [0.29, 0.717) is 23.7 Å². The van der Waals surface area contributed by atoms with Crippen LogP contribution >= 0.6 is 0 Å². The topological polar surface area (TPSA) is 51.6 Å². The van der Waals surface area contributed by atoms with Crippen molar-refractivity contribution in [2.45, 2.75) is 38.0 Å². The third kappa shape index (κ3) is 2.99. The summed E-state index contributed by atoms with van der Waals surface area (Å²) in [6, 6.07) is 1.82. The Morgan fingerprint density at radius 1 is 1.12 bits per heavy atom. The molecule has 2 heterocycles. The van der Waals surface area contributed by atoms with Crippen LogP contribution in [0.3, 0.4) is 0 Å². The molecule has 6 heteroatoms. The molecule has 2 saturated carbocycles. The summed E-state index contributed by atoms with van der Waals surface area (Å²) in [5.41, 5.74) is 2.63. The van der Waals surface area contributed by atoms with Crippen molar-refractivity contribution in [1.29, 1.82) is 0 Å². The molecule has 4 rings (SSSR count). The second-order valence-electron chi connectivity index (χ2n) is 6.40. The standard InChI is InChI=1S/C18H16F2N4/c19-18(20)15-6-13(15)14-7-17(12-8-21-10-22-9-12)24-23-16(14)5-4-11-2-1-3-11/h7-11,13,15,18H,1-3,6H2/t13-,15+/m1/s1. The summed E-state index contributed by atoms with van der Waals surface area (Å²) >= 11 is 0. The van der Waals surface area contributed by atoms with Crippen molar-refractivity contribution in [3.63, 3.8) is 0 Å². The van der Waals surface area contributed by atoms with Gasteiger partial charge < -0.3 is 0 Å². The van der Waals surface area contributed by atoms with Crippen LogP contribution in [0.25, 0.3) is 11.3 Å². The Labute approximate surface area is 138 Å². The quantitative estimate of drug-likeness (QED) is 0.811. The number of halogens is 2. The van der Waals surface area contributed by atoms with Gasteiger partial charge in [-0.1, -0.05) is 12.3 Å². The molecule has 122 valence electrons. The van der Waals surface area contributed by atoms with Gasteiger partial charge in [-0.3, -0.25) is 0 Å². The first-order valence-corrected chi connectivity index (χ1v) is 8.15. The van der Waals surface area contributed by atoms with Gasteiger partial charge in [-0.15, -0.1) is 10.2 Å². The fourth-order valence-electron chi connectivity index (χ4n) is 2.93. The number of hydrogen-bond acceptors (Lipinski definition) is 4. The van der Waals surface area contributed by atoms with Gasteiger partial charge in [-0.05, 0) is 42.7 Å². The molecule has 0 radical (unpaired) electrons. The molecule has 0 bridgehead atoms. The van der Waals surface area contributed by atoms with E-state index in [1.165, 1.54) is 12.7 Å². The van der Waals surface area contributed by atoms with Crippen molar-refractivity contribution in [1.82, 2.24) is 20.2 Å². The maximum Gasteiger partial charge on any atom is 0.242 e. The highest BCUT2D eigenvalue weighted by molar-refractivity contribution is 5.59. The predicted molar refractivity (Wildman–Crippen MR) is 84.1 cm³/mol. The first-order valence-electron chi connectivity index (χ1n) is 8.15. The maximum absolute atomic E-state index is 13.0. The molecule has 2 aromatic heterocycles. The van der Waals surface area contributed by atoms with Gasteiger partial charge in [-0.25, -0.2) is 18.7 Å². The lowest BCUT2D eigenvalue weighted by Gasteiger charge is -2.18. The second-order valence-corrected chi connectivity index (χ2v) is 6.40. The van der Waals surface area contributed by atoms with Gasteiger partial charge in [0.25, 0.3) is 0 Å². The van der Waals surface area contributed by atoms with E-state index in [-0.39, 0.29) is 5.92 Å². The molecular weight excluding hydrogens is 310 g/mol. The first kappa shape index (κ1) is 15.1. The Hall–Kier alpha value is -2.42. The third-order valence-electron chi connectivity index (χ3n) is 4.74. The second kappa shape index (κ2) is 6.23. The Morgan fingerprint density at radius 3 is 2.54 bits per heavy atom. The van der Waals surface area contributed by atoms with Crippen molar-refractivity contribution in [3.8, 4) is 23.1 Å². The van der Waals surface area contributed by atoms with Crippen LogP contribution in [-0.4, -0.2) is 26.6 Å². The molecule has 0 N–H and O–H groups in total. The molecule has 2 aliphatic carbocycles. The van der Waals surface area contributed by atoms with Crippen molar-refractivity contribution in [2.75, 3.05) is 0 Å². The average molecular weight is 326 g/mol. The highest BCUT2D eigenvalue weighted by atomic mass is 19.3. The van der Waals surface area contributed by atoms with Crippen LogP contribution in [0.1, 0.15) is 42.9 Å². The molecule has 0 saturated heterocycles. The van der Waals surface area contributed by atoms with Crippen LogP contribution in [0.15, 0.2) is 24.8 Å². The van der Waals surface area contributed by atoms with E-state index in [2.05, 4.69) is 32.0 Å². The molecule has 0 amide bonds. The van der Waals surface area contributed by atoms with E-state index in [1.807, 2.05) is 6.07 Å². The molecule has 0 spiro atoms. The lowest BCUT2D eigenvalue weighted by atomic mass is 9.86. The van der Waals surface area contributed by atoms with E-state index in [9.17, 15) is 8.78 Å². The molecule has 24 heavy (non-hydrogen) atoms. The average Bonchev–Trinajstić information content (AvgIpc) is 3.35. The third-order valence-corrected chi connectivity index (χ3v) is 4.74. The SMILES string of the molecule is FC(F)[C@H]1C[C@@H]1c1cc(-c2cncnc2)nnc1C#CC1CCC1. The summed E-state index contributed by atoms with van der Waals surface area (Å²) in [4.78, 5) is 7.94. The van der Waals surface area contributed by atoms with Crippen LogP contribution in [0.4, 0.5) is 8.78 Å². The Balaban J connectivity index is 1.69. The van der Waals surface area contributed by atoms with Gasteiger partial charge in [0.15, 0.2) is 0 Å². The fourth-order valence-corrected chi connectivity index (χ4v) is 2.93. The van der Waals surface area contributed by atoms with Crippen LogP contribution in [-0.2, 0) is 0 Å². The monoisotopic (exact) mass is 326 g/mol. The minimum absolute atomic E-state index is 0.186. The van der Waals surface area contributed by atoms with Crippen molar-refractivity contribution < 1.29 is 8.78 Å². The van der Waals surface area contributed by atoms with E-state index in [1.54, 1.807) is 12.4 Å². The highest BCUT2D eigenvalue weighted by Gasteiger charge is 2.46. The lowest BCUT2D eigenvalue weighted by molar-refractivity contribution is 0.120. The Morgan fingerprint density at radius 2 is 1.92 bits per heavy atom. The van der Waals surface area contributed by atoms with Crippen LogP contribution in [0, 0.1) is 23.7 Å². The highest BCUT2D eigenvalue weighted by Crippen LogP contribution is 2.51. The molecule has 2 aliphatic rings. The van der Waals surface area contributed by atoms with Gasteiger partial charge in [0.2, 0.25) is 6.43 Å². The van der Waals surface area contributed by atoms with Gasteiger partial charge in [0.1, 0.15) is 12.0 Å². The maximum atomic E-state index is 13.0. The van der Waals surface area contributed by atoms with Crippen molar-refractivity contribution in [2.24, 2.45) is 11.8 Å². The molecular formula is C18H16F2N4.